The SMILES string of the molecule is COCCc1ccc(Oc2c(C)cc(C)cc2C)c(C(S)=C(S)c2ccccc2)c1. The van der Waals surface area contributed by atoms with Crippen molar-refractivity contribution >= 4 is 35.1 Å². The van der Waals surface area contributed by atoms with Gasteiger partial charge in [-0.1, -0.05) is 54.1 Å². The predicted molar refractivity (Wildman–Crippen MR) is 134 cm³/mol. The lowest BCUT2D eigenvalue weighted by atomic mass is 10.0. The first-order valence-corrected chi connectivity index (χ1v) is 10.9. The highest BCUT2D eigenvalue weighted by atomic mass is 32.1. The van der Waals surface area contributed by atoms with Gasteiger partial charge < -0.3 is 9.47 Å². The van der Waals surface area contributed by atoms with Gasteiger partial charge in [-0.3, -0.25) is 0 Å². The Kier molecular flexibility index (Phi) is 7.70. The molecule has 30 heavy (non-hydrogen) atoms. The van der Waals surface area contributed by atoms with Crippen LogP contribution in [0.1, 0.15) is 33.4 Å². The van der Waals surface area contributed by atoms with Crippen molar-refractivity contribution in [1.82, 2.24) is 0 Å². The maximum Gasteiger partial charge on any atom is 0.135 e. The Morgan fingerprint density at radius 3 is 2.13 bits per heavy atom. The van der Waals surface area contributed by atoms with Crippen LogP contribution in [0.15, 0.2) is 60.7 Å². The lowest BCUT2D eigenvalue weighted by Gasteiger charge is -2.18. The minimum Gasteiger partial charge on any atom is -0.456 e. The van der Waals surface area contributed by atoms with Crippen LogP contribution in [0.25, 0.3) is 9.81 Å². The molecule has 2 nitrogen and oxygen atoms in total. The molecule has 3 aromatic rings. The molecule has 0 unspecified atom stereocenters. The number of hydrogen-bond donors (Lipinski definition) is 2. The summed E-state index contributed by atoms with van der Waals surface area (Å²) in [5.41, 5.74) is 6.55. The molecule has 0 heterocycles. The van der Waals surface area contributed by atoms with E-state index in [1.54, 1.807) is 7.11 Å². The Morgan fingerprint density at radius 2 is 1.50 bits per heavy atom. The Morgan fingerprint density at radius 1 is 0.833 bits per heavy atom. The van der Waals surface area contributed by atoms with Gasteiger partial charge in [0, 0.05) is 22.5 Å². The molecule has 0 atom stereocenters. The zero-order valence-electron chi connectivity index (χ0n) is 17.9. The van der Waals surface area contributed by atoms with Crippen LogP contribution in [0, 0.1) is 20.8 Å². The maximum absolute atomic E-state index is 6.44. The third-order valence-corrected chi connectivity index (χ3v) is 6.10. The van der Waals surface area contributed by atoms with Crippen molar-refractivity contribution in [3.05, 3.63) is 94.0 Å². The predicted octanol–water partition coefficient (Wildman–Crippen LogP) is 7.28. The van der Waals surface area contributed by atoms with Gasteiger partial charge in [0.15, 0.2) is 0 Å². The number of hydrogen-bond acceptors (Lipinski definition) is 4. The van der Waals surface area contributed by atoms with E-state index in [4.69, 9.17) is 34.7 Å². The van der Waals surface area contributed by atoms with Gasteiger partial charge in [-0.15, -0.1) is 25.3 Å². The fraction of sp³-hybridized carbons (Fsp3) is 0.231. The van der Waals surface area contributed by atoms with Crippen molar-refractivity contribution in [1.29, 1.82) is 0 Å². The molecule has 0 bridgehead atoms. The molecule has 0 amide bonds. The van der Waals surface area contributed by atoms with Gasteiger partial charge in [-0.25, -0.2) is 0 Å². The van der Waals surface area contributed by atoms with E-state index in [-0.39, 0.29) is 0 Å². The van der Waals surface area contributed by atoms with Crippen molar-refractivity contribution in [2.45, 2.75) is 27.2 Å². The summed E-state index contributed by atoms with van der Waals surface area (Å²) < 4.78 is 11.7. The zero-order chi connectivity index (χ0) is 21.7. The van der Waals surface area contributed by atoms with E-state index in [9.17, 15) is 0 Å². The monoisotopic (exact) mass is 436 g/mol. The van der Waals surface area contributed by atoms with E-state index in [1.165, 1.54) is 5.56 Å². The third kappa shape index (κ3) is 5.31. The van der Waals surface area contributed by atoms with Crippen LogP contribution >= 0.6 is 25.3 Å². The number of benzene rings is 3. The molecule has 0 spiro atoms. The normalized spacial score (nSPS) is 11.9. The summed E-state index contributed by atoms with van der Waals surface area (Å²) >= 11 is 9.64. The van der Waals surface area contributed by atoms with Crippen LogP contribution in [0.3, 0.4) is 0 Å². The van der Waals surface area contributed by atoms with E-state index < -0.39 is 0 Å². The second-order valence-corrected chi connectivity index (χ2v) is 8.36. The molecule has 0 aliphatic heterocycles. The van der Waals surface area contributed by atoms with E-state index >= 15 is 0 Å². The van der Waals surface area contributed by atoms with Gasteiger partial charge in [0.25, 0.3) is 0 Å². The largest absolute Gasteiger partial charge is 0.456 e. The Hall–Kier alpha value is -2.14. The molecule has 0 saturated carbocycles. The van der Waals surface area contributed by atoms with Crippen molar-refractivity contribution < 1.29 is 9.47 Å². The van der Waals surface area contributed by atoms with E-state index in [1.807, 2.05) is 36.4 Å². The molecule has 0 aliphatic rings. The van der Waals surface area contributed by atoms with Gasteiger partial charge in [0.1, 0.15) is 11.5 Å². The summed E-state index contributed by atoms with van der Waals surface area (Å²) in [6.45, 7) is 6.91. The van der Waals surface area contributed by atoms with Gasteiger partial charge >= 0.3 is 0 Å². The topological polar surface area (TPSA) is 18.5 Å². The van der Waals surface area contributed by atoms with Crippen LogP contribution in [0.4, 0.5) is 0 Å². The van der Waals surface area contributed by atoms with Crippen LogP contribution in [0.5, 0.6) is 11.5 Å². The molecular formula is C26H28O2S2. The van der Waals surface area contributed by atoms with Crippen LogP contribution in [-0.2, 0) is 11.2 Å². The average molecular weight is 437 g/mol. The van der Waals surface area contributed by atoms with E-state index in [0.29, 0.717) is 6.61 Å². The summed E-state index contributed by atoms with van der Waals surface area (Å²) in [4.78, 5) is 1.59. The van der Waals surface area contributed by atoms with Crippen molar-refractivity contribution in [3.8, 4) is 11.5 Å². The maximum atomic E-state index is 6.44. The fourth-order valence-corrected chi connectivity index (χ4v) is 4.10. The molecule has 0 N–H and O–H groups in total. The van der Waals surface area contributed by atoms with Gasteiger partial charge in [0.2, 0.25) is 0 Å². The van der Waals surface area contributed by atoms with Crippen molar-refractivity contribution in [2.24, 2.45) is 0 Å². The zero-order valence-corrected chi connectivity index (χ0v) is 19.7. The van der Waals surface area contributed by atoms with Crippen LogP contribution in [-0.4, -0.2) is 13.7 Å². The molecule has 0 radical (unpaired) electrons. The molecule has 0 saturated heterocycles. The van der Waals surface area contributed by atoms with E-state index in [2.05, 4.69) is 45.0 Å². The second kappa shape index (κ2) is 10.3. The highest BCUT2D eigenvalue weighted by Crippen LogP contribution is 2.40. The molecule has 4 heteroatoms. The minimum absolute atomic E-state index is 0.661. The summed E-state index contributed by atoms with van der Waals surface area (Å²) in [5.74, 6) is 1.65. The molecule has 3 rings (SSSR count). The Labute approximate surface area is 190 Å². The lowest BCUT2D eigenvalue weighted by molar-refractivity contribution is 0.202. The molecule has 0 aromatic heterocycles. The third-order valence-electron chi connectivity index (χ3n) is 4.98. The summed E-state index contributed by atoms with van der Waals surface area (Å²) in [7, 11) is 1.71. The first-order valence-electron chi connectivity index (χ1n) is 9.96. The van der Waals surface area contributed by atoms with Crippen molar-refractivity contribution in [2.75, 3.05) is 13.7 Å². The van der Waals surface area contributed by atoms with Gasteiger partial charge in [0.05, 0.1) is 6.61 Å². The fourth-order valence-electron chi connectivity index (χ4n) is 3.52. The number of rotatable bonds is 7. The highest BCUT2D eigenvalue weighted by Gasteiger charge is 2.15. The van der Waals surface area contributed by atoms with Gasteiger partial charge in [-0.05, 0) is 61.6 Å². The van der Waals surface area contributed by atoms with Crippen LogP contribution < -0.4 is 4.74 Å². The minimum atomic E-state index is 0.661. The average Bonchev–Trinajstić information content (AvgIpc) is 2.74. The summed E-state index contributed by atoms with van der Waals surface area (Å²) in [6, 6.07) is 20.5. The Balaban J connectivity index is 2.10. The molecular weight excluding hydrogens is 408 g/mol. The number of methoxy groups -OCH3 is 1. The quantitative estimate of drug-likeness (QED) is 0.299. The summed E-state index contributed by atoms with van der Waals surface area (Å²) in [6.07, 6.45) is 0.820. The first kappa shape index (κ1) is 22.5. The number of thiol groups is 2. The molecule has 0 aliphatic carbocycles. The van der Waals surface area contributed by atoms with E-state index in [0.717, 1.165) is 55.5 Å². The van der Waals surface area contributed by atoms with Gasteiger partial charge in [-0.2, -0.15) is 0 Å². The first-order chi connectivity index (χ1) is 14.4. The molecule has 3 aromatic carbocycles. The lowest BCUT2D eigenvalue weighted by Crippen LogP contribution is -1.99. The highest BCUT2D eigenvalue weighted by molar-refractivity contribution is 7.96. The number of ether oxygens (including phenoxy) is 2. The molecule has 0 fully saturated rings. The molecule has 156 valence electrons. The Bertz CT molecular complexity index is 1030. The van der Waals surface area contributed by atoms with Crippen LogP contribution in [0.2, 0.25) is 0 Å². The standard InChI is InChI=1S/C26H28O2S2/c1-17-14-18(2)24(19(3)15-17)28-23-11-10-20(12-13-27-4)16-22(23)26(30)25(29)21-8-6-5-7-9-21/h5-11,14-16,29-30H,12-13H2,1-4H3. The smallest absolute Gasteiger partial charge is 0.135 e. The number of aryl methyl sites for hydroxylation is 3. The van der Waals surface area contributed by atoms with Crippen molar-refractivity contribution in [3.63, 3.8) is 0 Å². The second-order valence-electron chi connectivity index (χ2n) is 7.47. The summed E-state index contributed by atoms with van der Waals surface area (Å²) in [5, 5.41) is 0.